The minimum absolute atomic E-state index is 0.143. The van der Waals surface area contributed by atoms with E-state index >= 15 is 0 Å². The first kappa shape index (κ1) is 18.5. The van der Waals surface area contributed by atoms with Crippen molar-refractivity contribution >= 4 is 17.4 Å². The lowest BCUT2D eigenvalue weighted by molar-refractivity contribution is -0.121. The van der Waals surface area contributed by atoms with E-state index in [-0.39, 0.29) is 5.91 Å². The fraction of sp³-hybridized carbons (Fsp3) is 0.524. The maximum absolute atomic E-state index is 12.0. The first-order valence-electron chi connectivity index (χ1n) is 9.75. The molecule has 0 unspecified atom stereocenters. The second-order valence-electron chi connectivity index (χ2n) is 7.06. The topological polar surface area (TPSA) is 56.7 Å². The summed E-state index contributed by atoms with van der Waals surface area (Å²) < 4.78 is 0. The number of aliphatic imine (C=N–C) groups is 1. The predicted molar refractivity (Wildman–Crippen MR) is 107 cm³/mol. The van der Waals surface area contributed by atoms with E-state index in [1.165, 1.54) is 24.0 Å². The van der Waals surface area contributed by atoms with Crippen LogP contribution in [0.15, 0.2) is 41.4 Å². The molecule has 26 heavy (non-hydrogen) atoms. The van der Waals surface area contributed by atoms with Gasteiger partial charge in [0.15, 0.2) is 5.96 Å². The second kappa shape index (κ2) is 9.41. The van der Waals surface area contributed by atoms with Gasteiger partial charge >= 0.3 is 0 Å². The highest BCUT2D eigenvalue weighted by atomic mass is 16.1. The highest BCUT2D eigenvalue weighted by Crippen LogP contribution is 2.22. The molecule has 1 aliphatic heterocycles. The average Bonchev–Trinajstić information content (AvgIpc) is 3.19. The molecule has 1 amide bonds. The van der Waals surface area contributed by atoms with Crippen LogP contribution in [-0.4, -0.2) is 49.5 Å². The number of hydrogen-bond donors (Lipinski definition) is 2. The van der Waals surface area contributed by atoms with Crippen LogP contribution in [0.25, 0.3) is 5.57 Å². The molecule has 1 fully saturated rings. The van der Waals surface area contributed by atoms with Crippen LogP contribution in [0, 0.1) is 0 Å². The normalized spacial score (nSPS) is 18.6. The molecule has 2 aliphatic rings. The van der Waals surface area contributed by atoms with Crippen molar-refractivity contribution in [1.29, 1.82) is 0 Å². The van der Waals surface area contributed by atoms with Crippen LogP contribution < -0.4 is 10.6 Å². The van der Waals surface area contributed by atoms with E-state index in [0.717, 1.165) is 38.3 Å². The monoisotopic (exact) mass is 354 g/mol. The smallest absolute Gasteiger partial charge is 0.221 e. The summed E-state index contributed by atoms with van der Waals surface area (Å²) >= 11 is 0. The molecule has 0 saturated heterocycles. The van der Waals surface area contributed by atoms with Crippen molar-refractivity contribution in [3.8, 4) is 0 Å². The molecule has 1 aliphatic carbocycles. The number of guanidine groups is 1. The van der Waals surface area contributed by atoms with Crippen LogP contribution in [-0.2, 0) is 4.79 Å². The molecule has 5 nitrogen and oxygen atoms in total. The quantitative estimate of drug-likeness (QED) is 0.631. The average molecular weight is 354 g/mol. The molecule has 0 bridgehead atoms. The standard InChI is InChI=1S/C21H30N4O/c1-22-21(23-14-11-20(26)24-19-9-5-6-10-19)25-15-12-18(13-16-25)17-7-3-2-4-8-17/h2-4,7-8,12,19H,5-6,9-11,13-16H2,1H3,(H,22,23)(H,24,26). The van der Waals surface area contributed by atoms with Gasteiger partial charge in [-0.3, -0.25) is 9.79 Å². The Morgan fingerprint density at radius 2 is 2.00 bits per heavy atom. The number of nitrogens with one attached hydrogen (secondary N) is 2. The molecule has 0 aromatic heterocycles. The fourth-order valence-corrected chi connectivity index (χ4v) is 3.77. The highest BCUT2D eigenvalue weighted by molar-refractivity contribution is 5.82. The molecule has 0 spiro atoms. The van der Waals surface area contributed by atoms with Crippen LogP contribution in [0.4, 0.5) is 0 Å². The number of rotatable bonds is 5. The van der Waals surface area contributed by atoms with Gasteiger partial charge in [-0.15, -0.1) is 0 Å². The van der Waals surface area contributed by atoms with Gasteiger partial charge in [0, 0.05) is 39.1 Å². The molecule has 2 N–H and O–H groups in total. The number of nitrogens with zero attached hydrogens (tertiary/aromatic N) is 2. The lowest BCUT2D eigenvalue weighted by Gasteiger charge is -2.29. The summed E-state index contributed by atoms with van der Waals surface area (Å²) in [5, 5.41) is 6.47. The first-order chi connectivity index (χ1) is 12.8. The van der Waals surface area contributed by atoms with E-state index in [1.54, 1.807) is 7.05 Å². The minimum Gasteiger partial charge on any atom is -0.356 e. The molecule has 140 valence electrons. The van der Waals surface area contributed by atoms with Crippen LogP contribution in [0.2, 0.25) is 0 Å². The number of benzene rings is 1. The number of amides is 1. The third kappa shape index (κ3) is 5.10. The van der Waals surface area contributed by atoms with E-state index in [9.17, 15) is 4.79 Å². The van der Waals surface area contributed by atoms with E-state index in [0.29, 0.717) is 19.0 Å². The molecule has 5 heteroatoms. The first-order valence-corrected chi connectivity index (χ1v) is 9.75. The maximum atomic E-state index is 12.0. The van der Waals surface area contributed by atoms with Crippen molar-refractivity contribution in [1.82, 2.24) is 15.5 Å². The molecular formula is C21H30N4O. The van der Waals surface area contributed by atoms with Crippen LogP contribution in [0.5, 0.6) is 0 Å². The van der Waals surface area contributed by atoms with Crippen LogP contribution in [0.1, 0.15) is 44.1 Å². The largest absolute Gasteiger partial charge is 0.356 e. The summed E-state index contributed by atoms with van der Waals surface area (Å²) in [7, 11) is 1.80. The summed E-state index contributed by atoms with van der Waals surface area (Å²) in [6.45, 7) is 2.41. The van der Waals surface area contributed by atoms with Gasteiger partial charge in [-0.05, 0) is 30.4 Å². The molecular weight excluding hydrogens is 324 g/mol. The summed E-state index contributed by atoms with van der Waals surface area (Å²) in [5.74, 6) is 1.02. The van der Waals surface area contributed by atoms with Crippen molar-refractivity contribution in [3.63, 3.8) is 0 Å². The minimum atomic E-state index is 0.143. The van der Waals surface area contributed by atoms with Crippen molar-refractivity contribution in [2.24, 2.45) is 4.99 Å². The fourth-order valence-electron chi connectivity index (χ4n) is 3.77. The zero-order valence-corrected chi connectivity index (χ0v) is 15.7. The number of hydrogen-bond acceptors (Lipinski definition) is 2. The van der Waals surface area contributed by atoms with Crippen molar-refractivity contribution in [3.05, 3.63) is 42.0 Å². The Bertz CT molecular complexity index is 647. The van der Waals surface area contributed by atoms with Crippen molar-refractivity contribution < 1.29 is 4.79 Å². The molecule has 1 aromatic rings. The maximum Gasteiger partial charge on any atom is 0.221 e. The lowest BCUT2D eigenvalue weighted by atomic mass is 10.00. The Morgan fingerprint density at radius 1 is 1.23 bits per heavy atom. The van der Waals surface area contributed by atoms with Gasteiger partial charge < -0.3 is 15.5 Å². The SMILES string of the molecule is CN=C(NCCC(=O)NC1CCCC1)N1CC=C(c2ccccc2)CC1. The predicted octanol–water partition coefficient (Wildman–Crippen LogP) is 2.80. The Kier molecular flexibility index (Phi) is 6.69. The summed E-state index contributed by atoms with van der Waals surface area (Å²) in [4.78, 5) is 18.6. The van der Waals surface area contributed by atoms with Crippen LogP contribution in [0.3, 0.4) is 0 Å². The van der Waals surface area contributed by atoms with E-state index in [1.807, 2.05) is 6.07 Å². The van der Waals surface area contributed by atoms with E-state index < -0.39 is 0 Å². The third-order valence-electron chi connectivity index (χ3n) is 5.22. The zero-order valence-electron chi connectivity index (χ0n) is 15.7. The highest BCUT2D eigenvalue weighted by Gasteiger charge is 2.18. The van der Waals surface area contributed by atoms with E-state index in [2.05, 4.69) is 50.9 Å². The van der Waals surface area contributed by atoms with Gasteiger partial charge in [0.1, 0.15) is 0 Å². The number of carbonyl (C=O) groups excluding carboxylic acids is 1. The summed E-state index contributed by atoms with van der Waals surface area (Å²) in [6, 6.07) is 10.9. The van der Waals surface area contributed by atoms with Gasteiger partial charge in [0.2, 0.25) is 5.91 Å². The van der Waals surface area contributed by atoms with Gasteiger partial charge in [0.05, 0.1) is 0 Å². The van der Waals surface area contributed by atoms with Gasteiger partial charge in [-0.1, -0.05) is 49.2 Å². The Labute approximate surface area is 156 Å². The van der Waals surface area contributed by atoms with Gasteiger partial charge in [0.25, 0.3) is 0 Å². The van der Waals surface area contributed by atoms with Crippen LogP contribution >= 0.6 is 0 Å². The van der Waals surface area contributed by atoms with Crippen molar-refractivity contribution in [2.75, 3.05) is 26.7 Å². The molecule has 0 radical (unpaired) electrons. The Hall–Kier alpha value is -2.30. The van der Waals surface area contributed by atoms with Crippen molar-refractivity contribution in [2.45, 2.75) is 44.6 Å². The molecule has 1 saturated carbocycles. The Morgan fingerprint density at radius 3 is 2.65 bits per heavy atom. The lowest BCUT2D eigenvalue weighted by Crippen LogP contribution is -2.44. The van der Waals surface area contributed by atoms with E-state index in [4.69, 9.17) is 0 Å². The molecule has 1 heterocycles. The Balaban J connectivity index is 1.43. The zero-order chi connectivity index (χ0) is 18.2. The molecule has 1 aromatic carbocycles. The second-order valence-corrected chi connectivity index (χ2v) is 7.06. The van der Waals surface area contributed by atoms with Gasteiger partial charge in [-0.25, -0.2) is 0 Å². The van der Waals surface area contributed by atoms with Gasteiger partial charge in [-0.2, -0.15) is 0 Å². The third-order valence-corrected chi connectivity index (χ3v) is 5.22. The molecule has 0 atom stereocenters. The summed E-state index contributed by atoms with van der Waals surface area (Å²) in [6.07, 6.45) is 8.52. The summed E-state index contributed by atoms with van der Waals surface area (Å²) in [5.41, 5.74) is 2.70. The number of carbonyl (C=O) groups is 1. The molecule has 3 rings (SSSR count).